The van der Waals surface area contributed by atoms with Crippen LogP contribution < -0.4 is 0 Å². The predicted octanol–water partition coefficient (Wildman–Crippen LogP) is 34.9. The van der Waals surface area contributed by atoms with Crippen LogP contribution in [0.4, 0.5) is 0 Å². The van der Waals surface area contributed by atoms with E-state index in [1.165, 1.54) is 256 Å². The average Bonchev–Trinajstić information content (AvgIpc) is 1.57. The fourth-order valence-corrected chi connectivity index (χ4v) is 22.0. The molecule has 0 N–H and O–H groups in total. The van der Waals surface area contributed by atoms with E-state index in [0.29, 0.717) is 0 Å². The van der Waals surface area contributed by atoms with Crippen LogP contribution in [0.5, 0.6) is 0 Å². The summed E-state index contributed by atoms with van der Waals surface area (Å²) in [6.45, 7) is 0. The Morgan fingerprint density at radius 1 is 0.124 bits per heavy atom. The van der Waals surface area contributed by atoms with Gasteiger partial charge in [0.2, 0.25) is 0 Å². The highest BCUT2D eigenvalue weighted by Crippen LogP contribution is 2.51. The van der Waals surface area contributed by atoms with Crippen molar-refractivity contribution in [3.8, 4) is 61.6 Å². The maximum atomic E-state index is 2.51. The van der Waals surface area contributed by atoms with Crippen LogP contribution in [0, 0.1) is 0 Å². The van der Waals surface area contributed by atoms with Crippen LogP contribution in [0.1, 0.15) is 0 Å². The first-order valence-electron chi connectivity index (χ1n) is 44.7. The summed E-state index contributed by atoms with van der Waals surface area (Å²) in [6, 6.07) is 176. The molecule has 0 bridgehead atoms. The molecular weight excluding hydrogens is 1560 g/mol. The molecule has 0 aliphatic heterocycles. The van der Waals surface area contributed by atoms with Gasteiger partial charge in [-0.25, -0.2) is 0 Å². The molecule has 0 radical (unpaired) electrons. The predicted molar refractivity (Wildman–Crippen MR) is 554 cm³/mol. The highest BCUT2D eigenvalue weighted by Gasteiger charge is 2.27. The van der Waals surface area contributed by atoms with E-state index in [9.17, 15) is 0 Å². The summed E-state index contributed by atoms with van der Waals surface area (Å²) in [6.07, 6.45) is 0. The lowest BCUT2D eigenvalue weighted by atomic mass is 9.85. The minimum absolute atomic E-state index is 1.17. The maximum absolute atomic E-state index is 2.51. The molecule has 129 heavy (non-hydrogen) atoms. The molecule has 3 heterocycles. The van der Waals surface area contributed by atoms with Gasteiger partial charge >= 0.3 is 0 Å². The van der Waals surface area contributed by atoms with Crippen molar-refractivity contribution in [1.29, 1.82) is 0 Å². The second kappa shape index (κ2) is 29.9. The third kappa shape index (κ3) is 11.6. The second-order valence-electron chi connectivity index (χ2n) is 34.3. The molecule has 25 aromatic carbocycles. The Morgan fingerprint density at radius 2 is 0.349 bits per heavy atom. The number of aromatic nitrogens is 3. The summed E-state index contributed by atoms with van der Waals surface area (Å²) in [5.74, 6) is 0. The van der Waals surface area contributed by atoms with Gasteiger partial charge in [-0.2, -0.15) is 0 Å². The molecule has 0 aliphatic rings. The van der Waals surface area contributed by atoms with Crippen molar-refractivity contribution in [2.45, 2.75) is 0 Å². The summed E-state index contributed by atoms with van der Waals surface area (Å²) >= 11 is 0. The number of rotatable bonds is 7. The molecule has 0 spiro atoms. The molecule has 0 amide bonds. The van der Waals surface area contributed by atoms with Crippen LogP contribution >= 0.6 is 0 Å². The van der Waals surface area contributed by atoms with Crippen molar-refractivity contribution in [2.24, 2.45) is 0 Å². The van der Waals surface area contributed by atoms with Gasteiger partial charge in [0.25, 0.3) is 0 Å². The molecule has 0 atom stereocenters. The van der Waals surface area contributed by atoms with E-state index in [4.69, 9.17) is 0 Å². The highest BCUT2D eigenvalue weighted by molar-refractivity contribution is 6.33. The Hall–Kier alpha value is -17.0. The molecule has 28 aromatic rings. The standard InChI is InChI=1S/C46H29N.2C40H25N/c1-2-16-32(17-3-1)43-35-20-8-10-22-37(35)44(38-23-11-9-21-36(38)43)39-24-12-13-25-40(39)47-41-28-26-30-14-4-6-18-33(30)45(41)46-34-19-7-5-15-31(34)27-29-42(46)47;1-5-15-30-26(11-1)21-23-36-39(30)40-31-16-6-2-12-27(31)22-24-37(40)41(36)35-20-10-9-19-34(35)38-32-17-7-3-13-28(32)25-29-14-4-8-18-33(29)38;1-5-16-32-26(10-1)20-22-36-39(32)40-33-17-6-2-11-27(33)21-23-37(40)41(36)31-15-9-14-30(25-31)38-34-18-7-3-12-28(34)24-29-13-4-8-19-35(29)38/h1-29H;2*1-25H. The molecule has 0 unspecified atom stereocenters. The van der Waals surface area contributed by atoms with Crippen molar-refractivity contribution < 1.29 is 0 Å². The minimum atomic E-state index is 1.17. The topological polar surface area (TPSA) is 14.8 Å². The molecule has 598 valence electrons. The van der Waals surface area contributed by atoms with Gasteiger partial charge in [0, 0.05) is 49.1 Å². The number of nitrogens with zero attached hydrogens (tertiary/aromatic N) is 3. The molecule has 0 saturated carbocycles. The number of hydrogen-bond donors (Lipinski definition) is 0. The number of fused-ring (bicyclic) bond motifs is 27. The fourth-order valence-electron chi connectivity index (χ4n) is 22.0. The van der Waals surface area contributed by atoms with E-state index in [2.05, 4.69) is 493 Å². The van der Waals surface area contributed by atoms with Crippen molar-refractivity contribution in [3.63, 3.8) is 0 Å². The Labute approximate surface area is 743 Å². The fraction of sp³-hybridized carbons (Fsp3) is 0. The minimum Gasteiger partial charge on any atom is -0.309 e. The Bertz CT molecular complexity index is 9090. The van der Waals surface area contributed by atoms with Crippen LogP contribution in [-0.4, -0.2) is 13.7 Å². The summed E-state index contributed by atoms with van der Waals surface area (Å²) in [4.78, 5) is 0. The molecule has 28 rings (SSSR count). The number of para-hydroxylation sites is 2. The smallest absolute Gasteiger partial charge is 0.0548 e. The molecule has 3 heteroatoms. The lowest BCUT2D eigenvalue weighted by molar-refractivity contribution is 1.18. The third-order valence-electron chi connectivity index (χ3n) is 27.4. The highest BCUT2D eigenvalue weighted by atomic mass is 15.0. The van der Waals surface area contributed by atoms with Gasteiger partial charge in [-0.15, -0.1) is 0 Å². The van der Waals surface area contributed by atoms with E-state index < -0.39 is 0 Å². The molecule has 3 nitrogen and oxygen atoms in total. The van der Waals surface area contributed by atoms with E-state index in [-0.39, 0.29) is 0 Å². The molecule has 0 saturated heterocycles. The summed E-state index contributed by atoms with van der Waals surface area (Å²) in [5, 5.41) is 38.4. The zero-order valence-corrected chi connectivity index (χ0v) is 70.5. The van der Waals surface area contributed by atoms with Crippen molar-refractivity contribution in [3.05, 3.63) is 479 Å². The Morgan fingerprint density at radius 3 is 0.674 bits per heavy atom. The lowest BCUT2D eigenvalue weighted by Gasteiger charge is -2.20. The first kappa shape index (κ1) is 73.5. The van der Waals surface area contributed by atoms with Crippen LogP contribution in [0.15, 0.2) is 479 Å². The van der Waals surface area contributed by atoms with Gasteiger partial charge in [0.05, 0.1) is 44.5 Å². The molecule has 0 aliphatic carbocycles. The normalized spacial score (nSPS) is 11.9. The number of benzene rings is 25. The maximum Gasteiger partial charge on any atom is 0.0548 e. The number of hydrogen-bond acceptors (Lipinski definition) is 0. The summed E-state index contributed by atoms with van der Waals surface area (Å²) in [5.41, 5.74) is 21.0. The van der Waals surface area contributed by atoms with E-state index >= 15 is 0 Å². The van der Waals surface area contributed by atoms with Crippen LogP contribution in [0.25, 0.3) is 256 Å². The van der Waals surface area contributed by atoms with Gasteiger partial charge in [0.15, 0.2) is 0 Å². The Balaban J connectivity index is 0.000000102. The molecular formula is C126H79N3. The van der Waals surface area contributed by atoms with Gasteiger partial charge in [-0.1, -0.05) is 406 Å². The zero-order chi connectivity index (χ0) is 84.7. The summed E-state index contributed by atoms with van der Waals surface area (Å²) < 4.78 is 7.46. The van der Waals surface area contributed by atoms with Gasteiger partial charge < -0.3 is 13.7 Å². The van der Waals surface area contributed by atoms with Crippen molar-refractivity contribution in [1.82, 2.24) is 13.7 Å². The van der Waals surface area contributed by atoms with Crippen LogP contribution in [0.2, 0.25) is 0 Å². The first-order valence-corrected chi connectivity index (χ1v) is 44.7. The SMILES string of the molecule is c1cc(-c2c3ccccc3cc3ccccc23)cc(-n2c3ccc4ccccc4c3c3c4ccccc4ccc32)c1.c1ccc(-c2c3ccccc3c(-c3ccccc3-n3c4ccc5ccccc5c4c4c5ccccc5ccc43)c3ccccc23)cc1.c1ccc(-n2c3ccc4ccccc4c3c3c4ccccc4ccc32)c(-c2c3ccccc3cc3ccccc23)c1. The largest absolute Gasteiger partial charge is 0.309 e. The lowest BCUT2D eigenvalue weighted by Crippen LogP contribution is -1.99. The van der Waals surface area contributed by atoms with Crippen LogP contribution in [-0.2, 0) is 0 Å². The first-order chi connectivity index (χ1) is 64.1. The van der Waals surface area contributed by atoms with E-state index in [0.717, 1.165) is 0 Å². The second-order valence-corrected chi connectivity index (χ2v) is 34.3. The van der Waals surface area contributed by atoms with Gasteiger partial charge in [-0.3, -0.25) is 0 Å². The van der Waals surface area contributed by atoms with Crippen LogP contribution in [0.3, 0.4) is 0 Å². The van der Waals surface area contributed by atoms with E-state index in [1.807, 2.05) is 0 Å². The van der Waals surface area contributed by atoms with Crippen molar-refractivity contribution in [2.75, 3.05) is 0 Å². The average molecular weight is 1640 g/mol. The quantitative estimate of drug-likeness (QED) is 0.141. The van der Waals surface area contributed by atoms with Gasteiger partial charge in [-0.05, 0) is 235 Å². The monoisotopic (exact) mass is 1630 g/mol. The third-order valence-corrected chi connectivity index (χ3v) is 27.4. The Kier molecular flexibility index (Phi) is 17.0. The summed E-state index contributed by atoms with van der Waals surface area (Å²) in [7, 11) is 0. The van der Waals surface area contributed by atoms with Crippen molar-refractivity contribution >= 4 is 195 Å². The van der Waals surface area contributed by atoms with E-state index in [1.54, 1.807) is 0 Å². The molecule has 3 aromatic heterocycles. The molecule has 0 fully saturated rings. The zero-order valence-electron chi connectivity index (χ0n) is 70.5. The van der Waals surface area contributed by atoms with Gasteiger partial charge in [0.1, 0.15) is 0 Å².